The van der Waals surface area contributed by atoms with Crippen molar-refractivity contribution in [3.63, 3.8) is 0 Å². The highest BCUT2D eigenvalue weighted by atomic mass is 16.3. The minimum atomic E-state index is 0.672. The van der Waals surface area contributed by atoms with Crippen molar-refractivity contribution in [1.82, 2.24) is 25.0 Å². The first kappa shape index (κ1) is 28.6. The van der Waals surface area contributed by atoms with Gasteiger partial charge in [-0.2, -0.15) is 4.80 Å². The van der Waals surface area contributed by atoms with Gasteiger partial charge in [-0.15, -0.1) is 10.2 Å². The maximum Gasteiger partial charge on any atom is 0.160 e. The van der Waals surface area contributed by atoms with Crippen LogP contribution in [0.1, 0.15) is 0 Å². The van der Waals surface area contributed by atoms with Crippen LogP contribution in [0.25, 0.3) is 105 Å². The average molecular weight is 666 g/mol. The van der Waals surface area contributed by atoms with Crippen LogP contribution in [0.5, 0.6) is 0 Å². The summed E-state index contributed by atoms with van der Waals surface area (Å²) in [6.07, 6.45) is 0. The molecule has 0 amide bonds. The Morgan fingerprint density at radius 1 is 0.423 bits per heavy atom. The molecule has 0 bridgehead atoms. The van der Waals surface area contributed by atoms with E-state index in [1.807, 2.05) is 60.7 Å². The Balaban J connectivity index is 1.05. The third kappa shape index (κ3) is 4.51. The van der Waals surface area contributed by atoms with E-state index in [1.54, 1.807) is 4.80 Å². The zero-order valence-electron chi connectivity index (χ0n) is 27.7. The highest BCUT2D eigenvalue weighted by Gasteiger charge is 2.16. The molecule has 0 radical (unpaired) electrons. The molecule has 0 unspecified atom stereocenters. The number of para-hydroxylation sites is 3. The molecule has 0 aliphatic heterocycles. The lowest BCUT2D eigenvalue weighted by atomic mass is 9.95. The van der Waals surface area contributed by atoms with Crippen molar-refractivity contribution in [2.45, 2.75) is 0 Å². The van der Waals surface area contributed by atoms with E-state index in [9.17, 15) is 0 Å². The van der Waals surface area contributed by atoms with Crippen LogP contribution in [0.2, 0.25) is 0 Å². The van der Waals surface area contributed by atoms with E-state index in [1.165, 1.54) is 0 Å². The number of benzene rings is 8. The predicted octanol–water partition coefficient (Wildman–Crippen LogP) is 11.6. The van der Waals surface area contributed by atoms with Crippen molar-refractivity contribution < 1.29 is 4.42 Å². The summed E-state index contributed by atoms with van der Waals surface area (Å²) in [5.74, 6) is 0.672. The molecule has 8 aromatic carbocycles. The van der Waals surface area contributed by atoms with Crippen molar-refractivity contribution in [3.05, 3.63) is 164 Å². The van der Waals surface area contributed by atoms with Gasteiger partial charge in [-0.1, -0.05) is 109 Å². The zero-order chi connectivity index (χ0) is 34.2. The van der Waals surface area contributed by atoms with Crippen molar-refractivity contribution >= 4 is 65.4 Å². The summed E-state index contributed by atoms with van der Waals surface area (Å²) < 4.78 is 6.26. The Bertz CT molecular complexity index is 3200. The standard InChI is InChI=1S/C46H27N5O/c1-2-11-34(12-3-1)51-49-40-24-22-29-19-17-28-18-20-31(26-38(28)43(29)45(40)50-51)30-9-8-10-33(25-30)46-47-39-15-6-4-14-37(39)44(48-46)32-21-23-36-35-13-5-7-16-41(35)52-42(36)27-32/h1-27H. The Hall–Kier alpha value is -7.18. The Labute approximate surface area is 297 Å². The predicted molar refractivity (Wildman–Crippen MR) is 211 cm³/mol. The van der Waals surface area contributed by atoms with E-state index in [4.69, 9.17) is 24.6 Å². The third-order valence-corrected chi connectivity index (χ3v) is 10.0. The topological polar surface area (TPSA) is 69.6 Å². The lowest BCUT2D eigenvalue weighted by molar-refractivity contribution is 0.669. The van der Waals surface area contributed by atoms with E-state index in [0.29, 0.717) is 5.82 Å². The summed E-state index contributed by atoms with van der Waals surface area (Å²) in [7, 11) is 0. The monoisotopic (exact) mass is 665 g/mol. The zero-order valence-corrected chi connectivity index (χ0v) is 27.7. The second kappa shape index (κ2) is 11.2. The fourth-order valence-corrected chi connectivity index (χ4v) is 7.51. The molecular weight excluding hydrogens is 639 g/mol. The molecule has 0 atom stereocenters. The normalized spacial score (nSPS) is 11.8. The Morgan fingerprint density at radius 2 is 1.15 bits per heavy atom. The van der Waals surface area contributed by atoms with Gasteiger partial charge in [0.05, 0.1) is 16.9 Å². The number of nitrogens with zero attached hydrogens (tertiary/aromatic N) is 5. The molecule has 6 heteroatoms. The van der Waals surface area contributed by atoms with Crippen LogP contribution < -0.4 is 0 Å². The average Bonchev–Trinajstić information content (AvgIpc) is 3.82. The maximum atomic E-state index is 6.26. The van der Waals surface area contributed by atoms with Gasteiger partial charge in [-0.25, -0.2) is 9.97 Å². The molecule has 11 rings (SSSR count). The summed E-state index contributed by atoms with van der Waals surface area (Å²) >= 11 is 0. The molecule has 0 aliphatic rings. The molecule has 0 aliphatic carbocycles. The van der Waals surface area contributed by atoms with Gasteiger partial charge < -0.3 is 4.42 Å². The van der Waals surface area contributed by atoms with Crippen LogP contribution in [0.3, 0.4) is 0 Å². The number of hydrogen-bond acceptors (Lipinski definition) is 5. The molecular formula is C46H27N5O. The molecule has 0 fully saturated rings. The molecule has 0 saturated heterocycles. The van der Waals surface area contributed by atoms with Gasteiger partial charge in [0.2, 0.25) is 0 Å². The molecule has 0 saturated carbocycles. The smallest absolute Gasteiger partial charge is 0.160 e. The van der Waals surface area contributed by atoms with Crippen LogP contribution >= 0.6 is 0 Å². The van der Waals surface area contributed by atoms with E-state index in [2.05, 4.69) is 103 Å². The first-order valence-corrected chi connectivity index (χ1v) is 17.3. The van der Waals surface area contributed by atoms with Gasteiger partial charge in [-0.3, -0.25) is 0 Å². The first-order valence-electron chi connectivity index (χ1n) is 17.3. The second-order valence-electron chi connectivity index (χ2n) is 13.2. The summed E-state index contributed by atoms with van der Waals surface area (Å²) in [5, 5.41) is 17.5. The van der Waals surface area contributed by atoms with E-state index in [0.717, 1.165) is 99.1 Å². The minimum absolute atomic E-state index is 0.672. The first-order chi connectivity index (χ1) is 25.7. The summed E-state index contributed by atoms with van der Waals surface area (Å²) in [6, 6.07) is 56.4. The van der Waals surface area contributed by atoms with Crippen molar-refractivity contribution in [2.24, 2.45) is 0 Å². The number of furan rings is 1. The highest BCUT2D eigenvalue weighted by Crippen LogP contribution is 2.37. The Kier molecular flexibility index (Phi) is 6.15. The lowest BCUT2D eigenvalue weighted by Gasteiger charge is -2.11. The SMILES string of the molecule is c1ccc(-n2nc3ccc4ccc5ccc(-c6cccc(-c7nc(-c8ccc9c(c8)oc8ccccc89)c8ccccc8n7)c6)cc5c4c3n2)cc1. The van der Waals surface area contributed by atoms with E-state index < -0.39 is 0 Å². The molecule has 242 valence electrons. The van der Waals surface area contributed by atoms with E-state index in [-0.39, 0.29) is 0 Å². The number of aromatic nitrogens is 5. The number of fused-ring (bicyclic) bond motifs is 9. The summed E-state index contributed by atoms with van der Waals surface area (Å²) in [4.78, 5) is 12.0. The molecule has 0 N–H and O–H groups in total. The third-order valence-electron chi connectivity index (χ3n) is 10.0. The summed E-state index contributed by atoms with van der Waals surface area (Å²) in [6.45, 7) is 0. The van der Waals surface area contributed by atoms with Crippen LogP contribution in [0, 0.1) is 0 Å². The molecule has 11 aromatic rings. The van der Waals surface area contributed by atoms with Crippen LogP contribution in [0.4, 0.5) is 0 Å². The molecule has 6 nitrogen and oxygen atoms in total. The van der Waals surface area contributed by atoms with Crippen LogP contribution in [0.15, 0.2) is 168 Å². The van der Waals surface area contributed by atoms with Gasteiger partial charge in [0.1, 0.15) is 22.2 Å². The Morgan fingerprint density at radius 3 is 2.10 bits per heavy atom. The van der Waals surface area contributed by atoms with Crippen molar-refractivity contribution in [3.8, 4) is 39.5 Å². The van der Waals surface area contributed by atoms with Gasteiger partial charge in [0.25, 0.3) is 0 Å². The molecule has 52 heavy (non-hydrogen) atoms. The summed E-state index contributed by atoms with van der Waals surface area (Å²) in [5.41, 5.74) is 10.3. The van der Waals surface area contributed by atoms with Crippen LogP contribution in [-0.2, 0) is 0 Å². The van der Waals surface area contributed by atoms with Gasteiger partial charge in [0, 0.05) is 32.7 Å². The fourth-order valence-electron chi connectivity index (χ4n) is 7.51. The quantitative estimate of drug-likeness (QED) is 0.175. The molecule has 3 aromatic heterocycles. The van der Waals surface area contributed by atoms with Crippen molar-refractivity contribution in [1.29, 1.82) is 0 Å². The van der Waals surface area contributed by atoms with Gasteiger partial charge in [0.15, 0.2) is 5.82 Å². The van der Waals surface area contributed by atoms with Crippen molar-refractivity contribution in [2.75, 3.05) is 0 Å². The van der Waals surface area contributed by atoms with Gasteiger partial charge in [-0.05, 0) is 81.9 Å². The lowest BCUT2D eigenvalue weighted by Crippen LogP contribution is -1.97. The largest absolute Gasteiger partial charge is 0.456 e. The highest BCUT2D eigenvalue weighted by molar-refractivity contribution is 6.19. The van der Waals surface area contributed by atoms with Gasteiger partial charge >= 0.3 is 0 Å². The minimum Gasteiger partial charge on any atom is -0.456 e. The number of hydrogen-bond donors (Lipinski definition) is 0. The number of rotatable bonds is 4. The van der Waals surface area contributed by atoms with Crippen LogP contribution in [-0.4, -0.2) is 25.0 Å². The second-order valence-corrected chi connectivity index (χ2v) is 13.2. The maximum absolute atomic E-state index is 6.26. The molecule has 0 spiro atoms. The molecule has 3 heterocycles. The van der Waals surface area contributed by atoms with E-state index >= 15 is 0 Å². The fraction of sp³-hybridized carbons (Fsp3) is 0.